The maximum absolute atomic E-state index is 13.3. The molecule has 0 unspecified atom stereocenters. The molecule has 33 heavy (non-hydrogen) atoms. The monoisotopic (exact) mass is 468 g/mol. The van der Waals surface area contributed by atoms with E-state index in [1.165, 1.54) is 0 Å². The molecule has 3 aromatic carbocycles. The Labute approximate surface area is 194 Å². The fourth-order valence-corrected chi connectivity index (χ4v) is 5.38. The van der Waals surface area contributed by atoms with Crippen molar-refractivity contribution < 1.29 is 27.7 Å². The second kappa shape index (κ2) is 11.0. The maximum atomic E-state index is 13.3. The summed E-state index contributed by atoms with van der Waals surface area (Å²) >= 11 is 0. The molecule has 1 aliphatic heterocycles. The van der Waals surface area contributed by atoms with Crippen molar-refractivity contribution in [2.24, 2.45) is 0 Å². The highest BCUT2D eigenvalue weighted by Crippen LogP contribution is 2.30. The summed E-state index contributed by atoms with van der Waals surface area (Å²) in [6.07, 6.45) is -2.55. The van der Waals surface area contributed by atoms with Gasteiger partial charge in [0.05, 0.1) is 30.8 Å². The zero-order chi connectivity index (χ0) is 23.1. The van der Waals surface area contributed by atoms with Crippen molar-refractivity contribution in [2.75, 3.05) is 6.61 Å². The van der Waals surface area contributed by atoms with Crippen LogP contribution in [0.5, 0.6) is 0 Å². The number of hydrogen-bond acceptors (Lipinski definition) is 6. The summed E-state index contributed by atoms with van der Waals surface area (Å²) in [7, 11) is -3.78. The lowest BCUT2D eigenvalue weighted by Gasteiger charge is -2.38. The minimum absolute atomic E-state index is 0.0282. The highest BCUT2D eigenvalue weighted by molar-refractivity contribution is 7.92. The Morgan fingerprint density at radius 1 is 0.818 bits per heavy atom. The Bertz CT molecular complexity index is 1090. The number of sulfone groups is 1. The van der Waals surface area contributed by atoms with Crippen molar-refractivity contribution in [1.82, 2.24) is 0 Å². The molecule has 3 aromatic rings. The molecule has 7 heteroatoms. The SMILES string of the molecule is O=S(=O)(c1ccccc1)[C@@H]1C[C@@H](OCc2ccccc2)[C@H](O)[C@@H](COCc2ccccc2)O1. The summed E-state index contributed by atoms with van der Waals surface area (Å²) in [5, 5.41) is 10.9. The molecule has 0 aliphatic carbocycles. The molecule has 174 valence electrons. The molecule has 6 nitrogen and oxygen atoms in total. The van der Waals surface area contributed by atoms with E-state index >= 15 is 0 Å². The molecule has 0 spiro atoms. The summed E-state index contributed by atoms with van der Waals surface area (Å²) in [4.78, 5) is 0.178. The van der Waals surface area contributed by atoms with Crippen molar-refractivity contribution in [3.05, 3.63) is 102 Å². The lowest BCUT2D eigenvalue weighted by atomic mass is 10.0. The molecule has 0 bridgehead atoms. The van der Waals surface area contributed by atoms with Gasteiger partial charge in [-0.2, -0.15) is 0 Å². The van der Waals surface area contributed by atoms with Gasteiger partial charge in [-0.05, 0) is 23.3 Å². The molecule has 1 N–H and O–H groups in total. The Morgan fingerprint density at radius 3 is 1.97 bits per heavy atom. The van der Waals surface area contributed by atoms with Crippen LogP contribution >= 0.6 is 0 Å². The smallest absolute Gasteiger partial charge is 0.205 e. The van der Waals surface area contributed by atoms with Crippen LogP contribution in [0.3, 0.4) is 0 Å². The van der Waals surface area contributed by atoms with Crippen LogP contribution in [0.25, 0.3) is 0 Å². The minimum Gasteiger partial charge on any atom is -0.388 e. The van der Waals surface area contributed by atoms with Gasteiger partial charge in [-0.1, -0.05) is 78.9 Å². The normalized spacial score (nSPS) is 23.3. The van der Waals surface area contributed by atoms with Crippen LogP contribution < -0.4 is 0 Å². The van der Waals surface area contributed by atoms with Crippen LogP contribution in [0.4, 0.5) is 0 Å². The van der Waals surface area contributed by atoms with E-state index in [0.717, 1.165) is 11.1 Å². The summed E-state index contributed by atoms with van der Waals surface area (Å²) < 4.78 is 44.2. The highest BCUT2D eigenvalue weighted by Gasteiger charge is 2.44. The zero-order valence-corrected chi connectivity index (χ0v) is 19.0. The van der Waals surface area contributed by atoms with Gasteiger partial charge in [-0.15, -0.1) is 0 Å². The molecule has 0 radical (unpaired) electrons. The average Bonchev–Trinajstić information content (AvgIpc) is 2.86. The number of rotatable bonds is 9. The van der Waals surface area contributed by atoms with E-state index in [0.29, 0.717) is 6.61 Å². The third kappa shape index (κ3) is 6.07. The molecule has 4 atom stereocenters. The average molecular weight is 469 g/mol. The largest absolute Gasteiger partial charge is 0.388 e. The van der Waals surface area contributed by atoms with Gasteiger partial charge in [-0.3, -0.25) is 0 Å². The Morgan fingerprint density at radius 2 is 1.36 bits per heavy atom. The van der Waals surface area contributed by atoms with Gasteiger partial charge in [0.15, 0.2) is 5.44 Å². The first-order valence-electron chi connectivity index (χ1n) is 10.9. The van der Waals surface area contributed by atoms with Crippen LogP contribution in [0.1, 0.15) is 17.5 Å². The van der Waals surface area contributed by atoms with E-state index < -0.39 is 33.6 Å². The number of aliphatic hydroxyl groups excluding tert-OH is 1. The summed E-state index contributed by atoms with van der Waals surface area (Å²) in [6.45, 7) is 0.638. The van der Waals surface area contributed by atoms with E-state index in [1.54, 1.807) is 30.3 Å². The van der Waals surface area contributed by atoms with E-state index in [9.17, 15) is 13.5 Å². The van der Waals surface area contributed by atoms with Crippen molar-refractivity contribution in [3.8, 4) is 0 Å². The molecular weight excluding hydrogens is 440 g/mol. The number of benzene rings is 3. The Hall–Kier alpha value is -2.55. The van der Waals surface area contributed by atoms with Crippen molar-refractivity contribution in [3.63, 3.8) is 0 Å². The topological polar surface area (TPSA) is 82.1 Å². The lowest BCUT2D eigenvalue weighted by molar-refractivity contribution is -0.184. The van der Waals surface area contributed by atoms with E-state index in [2.05, 4.69) is 0 Å². The second-order valence-electron chi connectivity index (χ2n) is 8.02. The molecule has 0 aromatic heterocycles. The lowest BCUT2D eigenvalue weighted by Crippen LogP contribution is -2.53. The van der Waals surface area contributed by atoms with Gasteiger partial charge in [-0.25, -0.2) is 8.42 Å². The molecule has 1 aliphatic rings. The van der Waals surface area contributed by atoms with Gasteiger partial charge in [0.1, 0.15) is 12.2 Å². The highest BCUT2D eigenvalue weighted by atomic mass is 32.2. The van der Waals surface area contributed by atoms with Crippen LogP contribution in [0.2, 0.25) is 0 Å². The molecule has 1 fully saturated rings. The van der Waals surface area contributed by atoms with Gasteiger partial charge >= 0.3 is 0 Å². The first kappa shape index (κ1) is 23.6. The fourth-order valence-electron chi connectivity index (χ4n) is 3.81. The van der Waals surface area contributed by atoms with Crippen molar-refractivity contribution in [2.45, 2.75) is 48.3 Å². The zero-order valence-electron chi connectivity index (χ0n) is 18.2. The van der Waals surface area contributed by atoms with E-state index in [1.807, 2.05) is 60.7 Å². The summed E-state index contributed by atoms with van der Waals surface area (Å²) in [6, 6.07) is 27.4. The molecule has 0 amide bonds. The third-order valence-electron chi connectivity index (χ3n) is 5.63. The van der Waals surface area contributed by atoms with Crippen LogP contribution in [-0.4, -0.2) is 43.9 Å². The Balaban J connectivity index is 1.49. The number of aliphatic hydroxyl groups is 1. The maximum Gasteiger partial charge on any atom is 0.205 e. The van der Waals surface area contributed by atoms with Gasteiger partial charge in [0.25, 0.3) is 0 Å². The van der Waals surface area contributed by atoms with Crippen LogP contribution in [-0.2, 0) is 37.3 Å². The standard InChI is InChI=1S/C26H28O6S/c27-26-23(31-18-21-12-6-2-7-13-21)16-25(33(28,29)22-14-8-3-9-15-22)32-24(26)19-30-17-20-10-4-1-5-11-20/h1-15,23-27H,16-19H2/t23-,24-,25-,26+/m1/s1. The number of ether oxygens (including phenoxy) is 3. The van der Waals surface area contributed by atoms with Crippen molar-refractivity contribution in [1.29, 1.82) is 0 Å². The molecule has 1 heterocycles. The first-order valence-corrected chi connectivity index (χ1v) is 12.5. The Kier molecular flexibility index (Phi) is 7.90. The second-order valence-corrected chi connectivity index (χ2v) is 10.1. The first-order chi connectivity index (χ1) is 16.0. The summed E-state index contributed by atoms with van der Waals surface area (Å²) in [5.41, 5.74) is 0.776. The predicted molar refractivity (Wildman–Crippen MR) is 124 cm³/mol. The molecule has 4 rings (SSSR count). The van der Waals surface area contributed by atoms with Crippen molar-refractivity contribution >= 4 is 9.84 Å². The van der Waals surface area contributed by atoms with Gasteiger partial charge in [0, 0.05) is 6.42 Å². The summed E-state index contributed by atoms with van der Waals surface area (Å²) in [5.74, 6) is 0. The molecule has 0 saturated carbocycles. The number of hydrogen-bond donors (Lipinski definition) is 1. The van der Waals surface area contributed by atoms with Crippen LogP contribution in [0.15, 0.2) is 95.9 Å². The third-order valence-corrected chi connectivity index (χ3v) is 7.56. The van der Waals surface area contributed by atoms with E-state index in [4.69, 9.17) is 14.2 Å². The fraction of sp³-hybridized carbons (Fsp3) is 0.308. The van der Waals surface area contributed by atoms with Gasteiger partial charge in [0.2, 0.25) is 9.84 Å². The van der Waals surface area contributed by atoms with E-state index in [-0.39, 0.29) is 24.5 Å². The molecular formula is C26H28O6S. The van der Waals surface area contributed by atoms with Gasteiger partial charge < -0.3 is 19.3 Å². The minimum atomic E-state index is -3.78. The van der Waals surface area contributed by atoms with Crippen LogP contribution in [0, 0.1) is 0 Å². The quantitative estimate of drug-likeness (QED) is 0.515. The predicted octanol–water partition coefficient (Wildman–Crippen LogP) is 3.74. The molecule has 1 saturated heterocycles.